The third-order valence-corrected chi connectivity index (χ3v) is 3.79. The highest BCUT2D eigenvalue weighted by molar-refractivity contribution is 5.97. The number of rotatable bonds is 6. The van der Waals surface area contributed by atoms with Crippen molar-refractivity contribution >= 4 is 17.6 Å². The van der Waals surface area contributed by atoms with E-state index in [0.717, 1.165) is 0 Å². The molecule has 1 heterocycles. The molecule has 3 aromatic rings. The van der Waals surface area contributed by atoms with Gasteiger partial charge in [-0.05, 0) is 55.5 Å². The number of amides is 1. The van der Waals surface area contributed by atoms with E-state index < -0.39 is 23.5 Å². The van der Waals surface area contributed by atoms with E-state index in [0.29, 0.717) is 17.2 Å². The highest BCUT2D eigenvalue weighted by Crippen LogP contribution is 2.22. The second-order valence-corrected chi connectivity index (χ2v) is 5.89. The van der Waals surface area contributed by atoms with Gasteiger partial charge in [-0.2, -0.15) is 0 Å². The first kappa shape index (κ1) is 18.9. The number of H-pyrrole nitrogens is 1. The molecule has 7 heteroatoms. The number of pyridine rings is 1. The standard InChI is InChI=1S/C21H18N2O5/c1-14(27-21(26)18-8-5-13-22-20(18)25)19(24)23-15-9-11-17(12-10-15)28-16-6-3-2-4-7-16/h2-14H,1H3,(H,22,25)(H,23,24)/t14-/m1/s1. The Hall–Kier alpha value is -3.87. The summed E-state index contributed by atoms with van der Waals surface area (Å²) in [5, 5.41) is 2.65. The summed E-state index contributed by atoms with van der Waals surface area (Å²) in [5.41, 5.74) is -0.218. The number of ether oxygens (including phenoxy) is 2. The number of benzene rings is 2. The van der Waals surface area contributed by atoms with E-state index in [1.165, 1.54) is 25.3 Å². The summed E-state index contributed by atoms with van der Waals surface area (Å²) in [6, 6.07) is 18.9. The molecule has 3 rings (SSSR count). The fraction of sp³-hybridized carbons (Fsp3) is 0.0952. The Morgan fingerprint density at radius 3 is 2.29 bits per heavy atom. The molecule has 28 heavy (non-hydrogen) atoms. The van der Waals surface area contributed by atoms with Crippen molar-refractivity contribution in [2.24, 2.45) is 0 Å². The van der Waals surface area contributed by atoms with E-state index in [1.807, 2.05) is 30.3 Å². The summed E-state index contributed by atoms with van der Waals surface area (Å²) in [6.45, 7) is 1.43. The summed E-state index contributed by atoms with van der Waals surface area (Å²) >= 11 is 0. The van der Waals surface area contributed by atoms with Crippen LogP contribution in [0.2, 0.25) is 0 Å². The predicted octanol–water partition coefficient (Wildman–Crippen LogP) is 3.35. The van der Waals surface area contributed by atoms with Crippen LogP contribution in [0.15, 0.2) is 77.7 Å². The van der Waals surface area contributed by atoms with Crippen LogP contribution in [0.4, 0.5) is 5.69 Å². The van der Waals surface area contributed by atoms with Gasteiger partial charge < -0.3 is 19.8 Å². The van der Waals surface area contributed by atoms with E-state index in [2.05, 4.69) is 10.3 Å². The fourth-order valence-electron chi connectivity index (χ4n) is 2.33. The monoisotopic (exact) mass is 378 g/mol. The third kappa shape index (κ3) is 4.85. The number of nitrogens with one attached hydrogen (secondary N) is 2. The molecule has 0 aliphatic carbocycles. The Labute approximate surface area is 160 Å². The maximum absolute atomic E-state index is 12.2. The molecule has 0 saturated heterocycles. The van der Waals surface area contributed by atoms with Gasteiger partial charge in [-0.25, -0.2) is 4.79 Å². The highest BCUT2D eigenvalue weighted by atomic mass is 16.5. The smallest absolute Gasteiger partial charge is 0.344 e. The van der Waals surface area contributed by atoms with Gasteiger partial charge >= 0.3 is 5.97 Å². The molecule has 0 radical (unpaired) electrons. The van der Waals surface area contributed by atoms with Crippen molar-refractivity contribution in [2.45, 2.75) is 13.0 Å². The van der Waals surface area contributed by atoms with E-state index in [-0.39, 0.29) is 5.56 Å². The van der Waals surface area contributed by atoms with Gasteiger partial charge in [-0.1, -0.05) is 18.2 Å². The second-order valence-electron chi connectivity index (χ2n) is 5.89. The van der Waals surface area contributed by atoms with E-state index in [1.54, 1.807) is 24.3 Å². The number of anilines is 1. The Bertz CT molecular complexity index is 1010. The molecule has 2 aromatic carbocycles. The first-order valence-corrected chi connectivity index (χ1v) is 8.55. The molecule has 7 nitrogen and oxygen atoms in total. The fourth-order valence-corrected chi connectivity index (χ4v) is 2.33. The number of hydrogen-bond acceptors (Lipinski definition) is 5. The lowest BCUT2D eigenvalue weighted by molar-refractivity contribution is -0.123. The average Bonchev–Trinajstić information content (AvgIpc) is 2.70. The van der Waals surface area contributed by atoms with Gasteiger partial charge in [0, 0.05) is 11.9 Å². The lowest BCUT2D eigenvalue weighted by Crippen LogP contribution is -2.31. The maximum Gasteiger partial charge on any atom is 0.344 e. The van der Waals surface area contributed by atoms with Gasteiger partial charge in [-0.15, -0.1) is 0 Å². The SMILES string of the molecule is C[C@@H](OC(=O)c1ccc[nH]c1=O)C(=O)Nc1ccc(Oc2ccccc2)cc1. The Morgan fingerprint density at radius 1 is 0.929 bits per heavy atom. The van der Waals surface area contributed by atoms with Gasteiger partial charge in [0.05, 0.1) is 0 Å². The van der Waals surface area contributed by atoms with Crippen LogP contribution in [0.3, 0.4) is 0 Å². The number of aromatic amines is 1. The molecule has 2 N–H and O–H groups in total. The van der Waals surface area contributed by atoms with Gasteiger partial charge in [0.25, 0.3) is 11.5 Å². The number of hydrogen-bond donors (Lipinski definition) is 2. The minimum atomic E-state index is -1.08. The molecular formula is C21H18N2O5. The zero-order valence-electron chi connectivity index (χ0n) is 15.0. The molecule has 0 fully saturated rings. The van der Waals surface area contributed by atoms with Gasteiger partial charge in [0.15, 0.2) is 6.10 Å². The Kier molecular flexibility index (Phi) is 5.86. The molecule has 0 unspecified atom stereocenters. The van der Waals surface area contributed by atoms with Crippen LogP contribution in [-0.2, 0) is 9.53 Å². The molecule has 0 saturated carbocycles. The van der Waals surface area contributed by atoms with E-state index in [4.69, 9.17) is 9.47 Å². The van der Waals surface area contributed by atoms with Crippen molar-refractivity contribution in [1.29, 1.82) is 0 Å². The van der Waals surface area contributed by atoms with Crippen LogP contribution < -0.4 is 15.6 Å². The Balaban J connectivity index is 1.57. The zero-order chi connectivity index (χ0) is 19.9. The first-order valence-electron chi connectivity index (χ1n) is 8.55. The largest absolute Gasteiger partial charge is 0.457 e. The summed E-state index contributed by atoms with van der Waals surface area (Å²) in [5.74, 6) is -0.0590. The van der Waals surface area contributed by atoms with Crippen LogP contribution in [-0.4, -0.2) is 23.0 Å². The number of esters is 1. The van der Waals surface area contributed by atoms with E-state index in [9.17, 15) is 14.4 Å². The van der Waals surface area contributed by atoms with Crippen LogP contribution in [0.5, 0.6) is 11.5 Å². The number of carbonyl (C=O) groups is 2. The molecule has 0 aliphatic rings. The summed E-state index contributed by atoms with van der Waals surface area (Å²) in [7, 11) is 0. The van der Waals surface area contributed by atoms with Gasteiger partial charge in [0.1, 0.15) is 17.1 Å². The molecule has 0 bridgehead atoms. The minimum absolute atomic E-state index is 0.162. The summed E-state index contributed by atoms with van der Waals surface area (Å²) in [4.78, 5) is 38.2. The Morgan fingerprint density at radius 2 is 1.61 bits per heavy atom. The topological polar surface area (TPSA) is 97.5 Å². The summed E-state index contributed by atoms with van der Waals surface area (Å²) < 4.78 is 10.7. The molecule has 142 valence electrons. The molecule has 1 atom stereocenters. The number of carbonyl (C=O) groups excluding carboxylic acids is 2. The van der Waals surface area contributed by atoms with Gasteiger partial charge in [-0.3, -0.25) is 9.59 Å². The molecular weight excluding hydrogens is 360 g/mol. The number of aromatic nitrogens is 1. The van der Waals surface area contributed by atoms with Crippen LogP contribution in [0, 0.1) is 0 Å². The van der Waals surface area contributed by atoms with Gasteiger partial charge in [0.2, 0.25) is 0 Å². The van der Waals surface area contributed by atoms with Crippen LogP contribution in [0.1, 0.15) is 17.3 Å². The molecule has 1 amide bonds. The summed E-state index contributed by atoms with van der Waals surface area (Å²) in [6.07, 6.45) is 0.327. The molecule has 1 aromatic heterocycles. The number of para-hydroxylation sites is 1. The minimum Gasteiger partial charge on any atom is -0.457 e. The predicted molar refractivity (Wildman–Crippen MR) is 104 cm³/mol. The lowest BCUT2D eigenvalue weighted by Gasteiger charge is -2.13. The third-order valence-electron chi connectivity index (χ3n) is 3.79. The average molecular weight is 378 g/mol. The van der Waals surface area contributed by atoms with Crippen LogP contribution >= 0.6 is 0 Å². The van der Waals surface area contributed by atoms with Crippen LogP contribution in [0.25, 0.3) is 0 Å². The van der Waals surface area contributed by atoms with Crippen molar-refractivity contribution in [3.05, 3.63) is 88.8 Å². The van der Waals surface area contributed by atoms with Crippen molar-refractivity contribution in [3.8, 4) is 11.5 Å². The van der Waals surface area contributed by atoms with E-state index >= 15 is 0 Å². The molecule has 0 spiro atoms. The van der Waals surface area contributed by atoms with Crippen molar-refractivity contribution < 1.29 is 19.1 Å². The van der Waals surface area contributed by atoms with Crippen molar-refractivity contribution in [2.75, 3.05) is 5.32 Å². The van der Waals surface area contributed by atoms with Crippen molar-refractivity contribution in [3.63, 3.8) is 0 Å². The van der Waals surface area contributed by atoms with Crippen molar-refractivity contribution in [1.82, 2.24) is 4.98 Å². The normalized spacial score (nSPS) is 11.3. The zero-order valence-corrected chi connectivity index (χ0v) is 15.0. The quantitative estimate of drug-likeness (QED) is 0.641. The second kappa shape index (κ2) is 8.68. The first-order chi connectivity index (χ1) is 13.5. The lowest BCUT2D eigenvalue weighted by atomic mass is 10.2. The maximum atomic E-state index is 12.2. The highest BCUT2D eigenvalue weighted by Gasteiger charge is 2.20. The molecule has 0 aliphatic heterocycles.